The Bertz CT molecular complexity index is 315. The van der Waals surface area contributed by atoms with Crippen LogP contribution in [0.5, 0.6) is 0 Å². The van der Waals surface area contributed by atoms with Gasteiger partial charge in [0.2, 0.25) is 0 Å². The van der Waals surface area contributed by atoms with E-state index in [1.54, 1.807) is 0 Å². The van der Waals surface area contributed by atoms with Gasteiger partial charge < -0.3 is 9.47 Å². The third kappa shape index (κ3) is 9.11. The second-order valence-corrected chi connectivity index (χ2v) is 3.33. The van der Waals surface area contributed by atoms with Crippen LogP contribution in [-0.4, -0.2) is 25.2 Å². The summed E-state index contributed by atoms with van der Waals surface area (Å²) < 4.78 is 9.63. The van der Waals surface area contributed by atoms with Crippen LogP contribution < -0.4 is 0 Å². The zero-order valence-corrected chi connectivity index (χ0v) is 10.1. The van der Waals surface area contributed by atoms with Crippen LogP contribution in [0.2, 0.25) is 0 Å². The van der Waals surface area contributed by atoms with Crippen molar-refractivity contribution in [3.05, 3.63) is 37.0 Å². The normalized spacial score (nSPS) is 10.5. The monoisotopic (exact) mass is 238 g/mol. The molecule has 0 N–H and O–H groups in total. The number of ether oxygens (including phenoxy) is 2. The summed E-state index contributed by atoms with van der Waals surface area (Å²) in [6, 6.07) is 0. The van der Waals surface area contributed by atoms with E-state index < -0.39 is 11.9 Å². The maximum atomic E-state index is 10.7. The second-order valence-electron chi connectivity index (χ2n) is 3.33. The smallest absolute Gasteiger partial charge is 0.330 e. The Morgan fingerprint density at radius 2 is 1.59 bits per heavy atom. The predicted octanol–water partition coefficient (Wildman–Crippen LogP) is 2.17. The van der Waals surface area contributed by atoms with E-state index >= 15 is 0 Å². The van der Waals surface area contributed by atoms with Crippen molar-refractivity contribution >= 4 is 11.9 Å². The van der Waals surface area contributed by atoms with Crippen molar-refractivity contribution in [2.24, 2.45) is 0 Å². The van der Waals surface area contributed by atoms with E-state index in [-0.39, 0.29) is 0 Å². The molecule has 0 amide bonds. The third-order valence-corrected chi connectivity index (χ3v) is 1.93. The van der Waals surface area contributed by atoms with E-state index in [2.05, 4.69) is 13.2 Å². The summed E-state index contributed by atoms with van der Waals surface area (Å²) in [7, 11) is 0. The van der Waals surface area contributed by atoms with Crippen LogP contribution in [0.3, 0.4) is 0 Å². The van der Waals surface area contributed by atoms with Crippen molar-refractivity contribution in [1.29, 1.82) is 0 Å². The Morgan fingerprint density at radius 1 is 1.06 bits per heavy atom. The highest BCUT2D eigenvalue weighted by Crippen LogP contribution is 2.02. The number of esters is 2. The molecule has 0 spiro atoms. The molecular weight excluding hydrogens is 220 g/mol. The number of carbonyl (C=O) groups is 2. The molecule has 0 atom stereocenters. The van der Waals surface area contributed by atoms with E-state index in [9.17, 15) is 9.59 Å². The molecule has 0 radical (unpaired) electrons. The van der Waals surface area contributed by atoms with Gasteiger partial charge >= 0.3 is 11.9 Å². The van der Waals surface area contributed by atoms with Crippen molar-refractivity contribution < 1.29 is 19.1 Å². The van der Waals surface area contributed by atoms with E-state index in [0.29, 0.717) is 26.1 Å². The van der Waals surface area contributed by atoms with Crippen molar-refractivity contribution in [2.45, 2.75) is 19.8 Å². The quantitative estimate of drug-likeness (QED) is 0.281. The molecule has 0 rings (SSSR count). The molecule has 0 aliphatic rings. The summed E-state index contributed by atoms with van der Waals surface area (Å²) in [5.74, 6) is -0.839. The maximum Gasteiger partial charge on any atom is 0.330 e. The largest absolute Gasteiger partial charge is 0.462 e. The van der Waals surface area contributed by atoms with E-state index in [1.807, 2.05) is 13.0 Å². The van der Waals surface area contributed by atoms with E-state index in [1.165, 1.54) is 0 Å². The van der Waals surface area contributed by atoms with Crippen LogP contribution in [0.1, 0.15) is 19.8 Å². The van der Waals surface area contributed by atoms with Crippen molar-refractivity contribution in [3.63, 3.8) is 0 Å². The molecule has 0 fully saturated rings. The maximum absolute atomic E-state index is 10.7. The first-order valence-electron chi connectivity index (χ1n) is 5.34. The number of hydrogen-bond donors (Lipinski definition) is 0. The van der Waals surface area contributed by atoms with Gasteiger partial charge in [0.15, 0.2) is 0 Å². The van der Waals surface area contributed by atoms with Gasteiger partial charge in [-0.2, -0.15) is 0 Å². The summed E-state index contributed by atoms with van der Waals surface area (Å²) >= 11 is 0. The molecule has 0 aliphatic heterocycles. The predicted molar refractivity (Wildman–Crippen MR) is 65.3 cm³/mol. The summed E-state index contributed by atoms with van der Waals surface area (Å²) in [5, 5.41) is 0. The van der Waals surface area contributed by atoms with Gasteiger partial charge in [0.25, 0.3) is 0 Å². The van der Waals surface area contributed by atoms with E-state index in [0.717, 1.165) is 17.7 Å². The van der Waals surface area contributed by atoms with Crippen LogP contribution in [0, 0.1) is 0 Å². The van der Waals surface area contributed by atoms with Gasteiger partial charge in [0.05, 0.1) is 13.2 Å². The fourth-order valence-corrected chi connectivity index (χ4v) is 0.997. The van der Waals surface area contributed by atoms with Gasteiger partial charge in [-0.3, -0.25) is 0 Å². The first-order valence-corrected chi connectivity index (χ1v) is 5.34. The fraction of sp³-hybridized carbons (Fsp3) is 0.385. The highest BCUT2D eigenvalue weighted by molar-refractivity contribution is 5.81. The highest BCUT2D eigenvalue weighted by Gasteiger charge is 1.97. The minimum absolute atomic E-state index is 0.328. The van der Waals surface area contributed by atoms with Crippen LogP contribution >= 0.6 is 0 Å². The third-order valence-electron chi connectivity index (χ3n) is 1.93. The van der Waals surface area contributed by atoms with Gasteiger partial charge in [-0.05, 0) is 13.3 Å². The zero-order chi connectivity index (χ0) is 13.1. The van der Waals surface area contributed by atoms with Gasteiger partial charge in [-0.1, -0.05) is 24.8 Å². The lowest BCUT2D eigenvalue weighted by Gasteiger charge is -2.03. The SMILES string of the molecule is C=CC(=O)OCC/C=C(/C)CCOC(=O)C=C. The van der Waals surface area contributed by atoms with Crippen molar-refractivity contribution in [2.75, 3.05) is 13.2 Å². The lowest BCUT2D eigenvalue weighted by molar-refractivity contribution is -0.138. The van der Waals surface area contributed by atoms with Crippen molar-refractivity contribution in [1.82, 2.24) is 0 Å². The van der Waals surface area contributed by atoms with Crippen LogP contribution in [0.15, 0.2) is 37.0 Å². The molecule has 17 heavy (non-hydrogen) atoms. The van der Waals surface area contributed by atoms with Gasteiger partial charge in [-0.25, -0.2) is 9.59 Å². The standard InChI is InChI=1S/C13H18O4/c1-4-12(14)16-9-6-7-11(3)8-10-17-13(15)5-2/h4-5,7H,1-2,6,8-10H2,3H3/b11-7-. The molecule has 0 heterocycles. The van der Waals surface area contributed by atoms with Gasteiger partial charge in [0, 0.05) is 18.6 Å². The first kappa shape index (κ1) is 15.2. The summed E-state index contributed by atoms with van der Waals surface area (Å²) in [5.41, 5.74) is 1.08. The highest BCUT2D eigenvalue weighted by atomic mass is 16.5. The topological polar surface area (TPSA) is 52.6 Å². The number of carbonyl (C=O) groups excluding carboxylic acids is 2. The Balaban J connectivity index is 3.64. The van der Waals surface area contributed by atoms with Crippen LogP contribution in [-0.2, 0) is 19.1 Å². The minimum atomic E-state index is -0.420. The Kier molecular flexibility index (Phi) is 8.37. The molecule has 0 saturated carbocycles. The molecular formula is C13H18O4. The summed E-state index contributed by atoms with van der Waals surface area (Å²) in [6.45, 7) is 9.18. The first-order chi connectivity index (χ1) is 8.10. The molecule has 0 saturated heterocycles. The molecule has 0 bridgehead atoms. The van der Waals surface area contributed by atoms with Crippen molar-refractivity contribution in [3.8, 4) is 0 Å². The molecule has 0 aromatic carbocycles. The fourth-order valence-electron chi connectivity index (χ4n) is 0.997. The average Bonchev–Trinajstić information content (AvgIpc) is 2.33. The molecule has 0 aliphatic carbocycles. The Hall–Kier alpha value is -1.84. The lowest BCUT2D eigenvalue weighted by Crippen LogP contribution is -2.03. The molecule has 4 nitrogen and oxygen atoms in total. The molecule has 0 aromatic rings. The Labute approximate surface area is 102 Å². The van der Waals surface area contributed by atoms with Gasteiger partial charge in [-0.15, -0.1) is 0 Å². The Morgan fingerprint density at radius 3 is 2.12 bits per heavy atom. The minimum Gasteiger partial charge on any atom is -0.462 e. The van der Waals surface area contributed by atoms with Crippen LogP contribution in [0.25, 0.3) is 0 Å². The molecule has 94 valence electrons. The van der Waals surface area contributed by atoms with E-state index in [4.69, 9.17) is 9.47 Å². The summed E-state index contributed by atoms with van der Waals surface area (Å²) in [6.07, 6.45) is 5.51. The molecule has 4 heteroatoms. The number of rotatable bonds is 8. The molecule has 0 unspecified atom stereocenters. The number of hydrogen-bond acceptors (Lipinski definition) is 4. The second kappa shape index (κ2) is 9.39. The average molecular weight is 238 g/mol. The lowest BCUT2D eigenvalue weighted by atomic mass is 10.2. The van der Waals surface area contributed by atoms with Crippen LogP contribution in [0.4, 0.5) is 0 Å². The molecule has 0 aromatic heterocycles. The zero-order valence-electron chi connectivity index (χ0n) is 10.1. The summed E-state index contributed by atoms with van der Waals surface area (Å²) in [4.78, 5) is 21.4. The van der Waals surface area contributed by atoms with Gasteiger partial charge in [0.1, 0.15) is 0 Å².